The fourth-order valence-corrected chi connectivity index (χ4v) is 6.50. The van der Waals surface area contributed by atoms with Crippen LogP contribution in [0.25, 0.3) is 20.8 Å². The molecule has 0 amide bonds. The second-order valence-electron chi connectivity index (χ2n) is 10.2. The van der Waals surface area contributed by atoms with Crippen molar-refractivity contribution < 1.29 is 20.1 Å². The van der Waals surface area contributed by atoms with Gasteiger partial charge in [-0.3, -0.25) is 4.98 Å². The number of aliphatic hydroxyl groups excluding tert-OH is 3. The third-order valence-electron chi connectivity index (χ3n) is 7.51. The normalized spacial score (nSPS) is 24.2. The lowest BCUT2D eigenvalue weighted by Crippen LogP contribution is -2.35. The van der Waals surface area contributed by atoms with Gasteiger partial charge >= 0.3 is 0 Å². The van der Waals surface area contributed by atoms with Crippen molar-refractivity contribution in [3.05, 3.63) is 23.7 Å². The van der Waals surface area contributed by atoms with Crippen LogP contribution in [0.3, 0.4) is 0 Å². The van der Waals surface area contributed by atoms with Crippen LogP contribution in [0.2, 0.25) is 0 Å². The van der Waals surface area contributed by atoms with Crippen molar-refractivity contribution in [2.45, 2.75) is 64.2 Å². The number of aromatic nitrogens is 4. The van der Waals surface area contributed by atoms with E-state index in [4.69, 9.17) is 19.7 Å². The van der Waals surface area contributed by atoms with Crippen LogP contribution < -0.4 is 10.6 Å². The summed E-state index contributed by atoms with van der Waals surface area (Å²) in [5.41, 5.74) is 3.18. The van der Waals surface area contributed by atoms with Crippen molar-refractivity contribution in [2.75, 3.05) is 37.0 Å². The molecule has 4 atom stereocenters. The number of rotatable bonds is 10. The molecule has 0 aliphatic heterocycles. The molecule has 3 aromatic rings. The highest BCUT2D eigenvalue weighted by atomic mass is 32.1. The number of nitrogens with one attached hydrogen (secondary N) is 2. The molecule has 0 radical (unpaired) electrons. The van der Waals surface area contributed by atoms with Gasteiger partial charge < -0.3 is 30.7 Å². The van der Waals surface area contributed by atoms with Gasteiger partial charge in [0.2, 0.25) is 5.95 Å². The smallest absolute Gasteiger partial charge is 0.224 e. The predicted molar refractivity (Wildman–Crippen MR) is 144 cm³/mol. The molecule has 2 saturated carbocycles. The highest BCUT2D eigenvalue weighted by Crippen LogP contribution is 2.38. The van der Waals surface area contributed by atoms with E-state index >= 15 is 0 Å². The van der Waals surface area contributed by atoms with Crippen LogP contribution in [0.5, 0.6) is 0 Å². The molecule has 3 heterocycles. The first-order valence-electron chi connectivity index (χ1n) is 13.1. The molecule has 2 fully saturated rings. The number of hydrogen-bond donors (Lipinski definition) is 5. The quantitative estimate of drug-likeness (QED) is 0.249. The summed E-state index contributed by atoms with van der Waals surface area (Å²) in [6.45, 7) is 5.60. The first-order chi connectivity index (χ1) is 17.9. The van der Waals surface area contributed by atoms with Gasteiger partial charge in [-0.1, -0.05) is 12.8 Å². The van der Waals surface area contributed by atoms with Crippen LogP contribution in [0.4, 0.5) is 11.8 Å². The Morgan fingerprint density at radius 3 is 2.62 bits per heavy atom. The average molecular weight is 529 g/mol. The Morgan fingerprint density at radius 1 is 1.08 bits per heavy atom. The van der Waals surface area contributed by atoms with Crippen molar-refractivity contribution in [1.29, 1.82) is 0 Å². The van der Waals surface area contributed by atoms with Crippen molar-refractivity contribution >= 4 is 33.3 Å². The van der Waals surface area contributed by atoms with E-state index in [1.165, 1.54) is 37.0 Å². The highest BCUT2D eigenvalue weighted by Gasteiger charge is 2.41. The van der Waals surface area contributed by atoms with Crippen LogP contribution in [-0.2, 0) is 4.74 Å². The number of thiazole rings is 1. The Labute approximate surface area is 220 Å². The summed E-state index contributed by atoms with van der Waals surface area (Å²) in [5, 5.41) is 38.0. The Morgan fingerprint density at radius 2 is 1.89 bits per heavy atom. The maximum atomic E-state index is 10.6. The fourth-order valence-electron chi connectivity index (χ4n) is 5.39. The number of fused-ring (bicyclic) bond motifs is 1. The Bertz CT molecular complexity index is 1220. The lowest BCUT2D eigenvalue weighted by molar-refractivity contribution is 0.00446. The van der Waals surface area contributed by atoms with Crippen molar-refractivity contribution in [1.82, 2.24) is 19.9 Å². The number of aliphatic hydroxyl groups is 3. The highest BCUT2D eigenvalue weighted by molar-refractivity contribution is 7.21. The zero-order valence-electron chi connectivity index (χ0n) is 21.4. The van der Waals surface area contributed by atoms with Crippen molar-refractivity contribution in [2.24, 2.45) is 11.8 Å². The summed E-state index contributed by atoms with van der Waals surface area (Å²) in [6, 6.07) is 1.47. The maximum Gasteiger partial charge on any atom is 0.224 e. The summed E-state index contributed by atoms with van der Waals surface area (Å²) < 4.78 is 6.88. The van der Waals surface area contributed by atoms with Gasteiger partial charge in [0.15, 0.2) is 0 Å². The van der Waals surface area contributed by atoms with Crippen LogP contribution in [0.15, 0.2) is 12.3 Å². The van der Waals surface area contributed by atoms with Gasteiger partial charge in [-0.25, -0.2) is 9.97 Å². The van der Waals surface area contributed by atoms with Gasteiger partial charge in [0.25, 0.3) is 0 Å². The summed E-state index contributed by atoms with van der Waals surface area (Å²) in [5.74, 6) is 1.27. The summed E-state index contributed by atoms with van der Waals surface area (Å²) >= 11 is 1.54. The van der Waals surface area contributed by atoms with Crippen LogP contribution in [0, 0.1) is 25.7 Å². The SMILES string of the molecule is Cc1nc(NCCOCC2CCCC2)nc(NC2CC(CO)C(O)C2O)c1-c1nc2c(C)nccc2s1. The summed E-state index contributed by atoms with van der Waals surface area (Å²) in [7, 11) is 0. The summed E-state index contributed by atoms with van der Waals surface area (Å²) in [6.07, 6.45) is 5.29. The Kier molecular flexibility index (Phi) is 8.15. The van der Waals surface area contributed by atoms with E-state index < -0.39 is 24.2 Å². The molecule has 10 nitrogen and oxygen atoms in total. The molecule has 0 saturated heterocycles. The van der Waals surface area contributed by atoms with Gasteiger partial charge in [-0.2, -0.15) is 4.98 Å². The van der Waals surface area contributed by atoms with E-state index in [2.05, 4.69) is 15.6 Å². The number of aryl methyl sites for hydroxylation is 2. The number of anilines is 2. The zero-order valence-corrected chi connectivity index (χ0v) is 22.2. The molecule has 0 spiro atoms. The van der Waals surface area contributed by atoms with Gasteiger partial charge in [-0.05, 0) is 45.1 Å². The number of nitrogens with zero attached hydrogens (tertiary/aromatic N) is 4. The molecule has 200 valence electrons. The van der Waals surface area contributed by atoms with Gasteiger partial charge in [0.1, 0.15) is 22.4 Å². The monoisotopic (exact) mass is 528 g/mol. The number of ether oxygens (including phenoxy) is 1. The molecule has 4 unspecified atom stereocenters. The van der Waals surface area contributed by atoms with E-state index in [0.29, 0.717) is 37.3 Å². The summed E-state index contributed by atoms with van der Waals surface area (Å²) in [4.78, 5) is 18.7. The second kappa shape index (κ2) is 11.5. The van der Waals surface area contributed by atoms with E-state index in [0.717, 1.165) is 38.8 Å². The minimum atomic E-state index is -1.03. The van der Waals surface area contributed by atoms with E-state index in [1.54, 1.807) is 6.20 Å². The lowest BCUT2D eigenvalue weighted by Gasteiger charge is -2.21. The molecule has 37 heavy (non-hydrogen) atoms. The molecule has 5 rings (SSSR count). The predicted octanol–water partition coefficient (Wildman–Crippen LogP) is 2.90. The first kappa shape index (κ1) is 26.2. The second-order valence-corrected chi connectivity index (χ2v) is 11.2. The van der Waals surface area contributed by atoms with Crippen LogP contribution >= 0.6 is 11.3 Å². The van der Waals surface area contributed by atoms with E-state index in [-0.39, 0.29) is 6.61 Å². The Hall–Kier alpha value is -2.44. The minimum Gasteiger partial charge on any atom is -0.396 e. The molecule has 0 aromatic carbocycles. The topological polar surface area (TPSA) is 146 Å². The van der Waals surface area contributed by atoms with E-state index in [1.807, 2.05) is 19.9 Å². The largest absolute Gasteiger partial charge is 0.396 e. The third kappa shape index (κ3) is 5.70. The molecule has 2 aliphatic rings. The molecular weight excluding hydrogens is 492 g/mol. The van der Waals surface area contributed by atoms with E-state index in [9.17, 15) is 15.3 Å². The molecular formula is C26H36N6O4S. The van der Waals surface area contributed by atoms with Gasteiger partial charge in [0, 0.05) is 31.9 Å². The van der Waals surface area contributed by atoms with Gasteiger partial charge in [0.05, 0.1) is 40.4 Å². The molecule has 11 heteroatoms. The van der Waals surface area contributed by atoms with Crippen molar-refractivity contribution in [3.8, 4) is 10.6 Å². The fraction of sp³-hybridized carbons (Fsp3) is 0.615. The molecule has 2 aliphatic carbocycles. The van der Waals surface area contributed by atoms with Gasteiger partial charge in [-0.15, -0.1) is 11.3 Å². The van der Waals surface area contributed by atoms with Crippen molar-refractivity contribution in [3.63, 3.8) is 0 Å². The molecule has 3 aromatic heterocycles. The minimum absolute atomic E-state index is 0.191. The van der Waals surface area contributed by atoms with Crippen LogP contribution in [-0.4, -0.2) is 79.9 Å². The lowest BCUT2D eigenvalue weighted by atomic mass is 10.1. The molecule has 0 bridgehead atoms. The maximum absolute atomic E-state index is 10.6. The molecule has 5 N–H and O–H groups in total. The van der Waals surface area contributed by atoms with Crippen LogP contribution in [0.1, 0.15) is 43.5 Å². The number of hydrogen-bond acceptors (Lipinski definition) is 11. The first-order valence-corrected chi connectivity index (χ1v) is 13.9. The third-order valence-corrected chi connectivity index (χ3v) is 8.55. The number of pyridine rings is 1. The zero-order chi connectivity index (χ0) is 25.9. The Balaban J connectivity index is 1.38. The standard InChI is InChI=1S/C26H36N6O4S/c1-14-20(25-31-21-15(2)27-8-7-19(21)37-25)24(30-18-11-17(12-33)22(34)23(18)35)32-26(29-14)28-9-10-36-13-16-5-3-4-6-16/h7-8,16-18,22-23,33-35H,3-6,9-13H2,1-2H3,(H2,28,29,30,32). The average Bonchev–Trinajstić information content (AvgIpc) is 3.61.